The van der Waals surface area contributed by atoms with Gasteiger partial charge in [-0.05, 0) is 12.8 Å². The molecule has 0 saturated heterocycles. The van der Waals surface area contributed by atoms with Crippen LogP contribution in [0.15, 0.2) is 0 Å². The second-order valence-corrected chi connectivity index (χ2v) is 7.47. The molecular weight excluding hydrogens is 414 g/mol. The van der Waals surface area contributed by atoms with Crippen LogP contribution in [0.1, 0.15) is 77.6 Å². The molecular formula is C16H28Na2O9S. The third-order valence-electron chi connectivity index (χ3n) is 3.47. The fraction of sp³-hybridized carbons (Fsp3) is 0.812. The Morgan fingerprint density at radius 3 is 1.50 bits per heavy atom. The van der Waals surface area contributed by atoms with Crippen molar-refractivity contribution in [3.63, 3.8) is 0 Å². The van der Waals surface area contributed by atoms with E-state index >= 15 is 0 Å². The minimum Gasteiger partial charge on any atom is -0.550 e. The first kappa shape index (κ1) is 35.7. The fourth-order valence-corrected chi connectivity index (χ4v) is 2.65. The van der Waals surface area contributed by atoms with Crippen LogP contribution in [0.5, 0.6) is 0 Å². The van der Waals surface area contributed by atoms with Crippen LogP contribution in [0.25, 0.3) is 0 Å². The van der Waals surface area contributed by atoms with Gasteiger partial charge in [0.25, 0.3) is 10.1 Å². The number of carbonyl (C=O) groups excluding carboxylic acids is 2. The van der Waals surface area contributed by atoms with Crippen LogP contribution in [0.3, 0.4) is 0 Å². The molecule has 28 heavy (non-hydrogen) atoms. The zero-order chi connectivity index (χ0) is 20.6. The van der Waals surface area contributed by atoms with Crippen LogP contribution in [-0.2, 0) is 24.5 Å². The van der Waals surface area contributed by atoms with Crippen molar-refractivity contribution in [2.24, 2.45) is 0 Å². The van der Waals surface area contributed by atoms with Crippen molar-refractivity contribution >= 4 is 28.0 Å². The molecule has 0 spiro atoms. The maximum absolute atomic E-state index is 10.2. The molecule has 2 N–H and O–H groups in total. The topological polar surface area (TPSA) is 172 Å². The molecule has 9 nitrogen and oxygen atoms in total. The molecule has 0 amide bonds. The summed E-state index contributed by atoms with van der Waals surface area (Å²) in [6.07, 6.45) is 9.94. The molecule has 0 rings (SSSR count). The first-order valence-corrected chi connectivity index (χ1v) is 10.1. The standard InChI is InChI=1S/C12H24O2.C4H6O7S.2Na/c1-2-3-4-5-6-7-8-9-10-11-12(13)14;5-3(6)1-2(4(7)8)12(9,10)11;;/h2-11H2,1H3,(H,13,14);2H,1H2,(H,5,6)(H,7,8)(H,9,10,11);;/q;;2*+1/p-2. The second-order valence-electron chi connectivity index (χ2n) is 5.87. The van der Waals surface area contributed by atoms with E-state index in [0.29, 0.717) is 0 Å². The van der Waals surface area contributed by atoms with Crippen LogP contribution >= 0.6 is 0 Å². The molecule has 0 fully saturated rings. The van der Waals surface area contributed by atoms with Crippen LogP contribution < -0.4 is 69.3 Å². The van der Waals surface area contributed by atoms with Crippen molar-refractivity contribution < 1.29 is 102 Å². The van der Waals surface area contributed by atoms with Gasteiger partial charge in [-0.3, -0.25) is 9.35 Å². The van der Waals surface area contributed by atoms with Gasteiger partial charge in [-0.25, -0.2) is 0 Å². The molecule has 1 unspecified atom stereocenters. The van der Waals surface area contributed by atoms with Gasteiger partial charge in [0, 0.05) is 5.97 Å². The number of rotatable bonds is 14. The molecule has 0 heterocycles. The Hall–Kier alpha value is 0.320. The molecule has 0 aromatic heterocycles. The van der Waals surface area contributed by atoms with Crippen LogP contribution in [0, 0.1) is 0 Å². The molecule has 0 aliphatic heterocycles. The molecule has 1 atom stereocenters. The van der Waals surface area contributed by atoms with E-state index in [0.717, 1.165) is 12.8 Å². The van der Waals surface area contributed by atoms with E-state index in [9.17, 15) is 33.0 Å². The van der Waals surface area contributed by atoms with E-state index in [-0.39, 0.29) is 65.5 Å². The minimum atomic E-state index is -4.90. The Balaban J connectivity index is -0.000000194. The molecule has 0 radical (unpaired) electrons. The van der Waals surface area contributed by atoms with E-state index in [1.807, 2.05) is 0 Å². The summed E-state index contributed by atoms with van der Waals surface area (Å²) in [5.41, 5.74) is 0. The monoisotopic (exact) mass is 442 g/mol. The largest absolute Gasteiger partial charge is 1.00 e. The average molecular weight is 442 g/mol. The van der Waals surface area contributed by atoms with Gasteiger partial charge >= 0.3 is 65.1 Å². The van der Waals surface area contributed by atoms with Gasteiger partial charge in [0.05, 0.1) is 12.4 Å². The predicted octanol–water partition coefficient (Wildman–Crippen LogP) is -5.87. The number of aliphatic carboxylic acids is 3. The van der Waals surface area contributed by atoms with Gasteiger partial charge in [0.15, 0.2) is 0 Å². The van der Waals surface area contributed by atoms with Crippen molar-refractivity contribution in [2.45, 2.75) is 82.8 Å². The Kier molecular flexibility index (Phi) is 28.1. The Morgan fingerprint density at radius 1 is 0.857 bits per heavy atom. The second kappa shape index (κ2) is 22.0. The molecule has 0 aliphatic rings. The van der Waals surface area contributed by atoms with Crippen molar-refractivity contribution in [3.05, 3.63) is 0 Å². The summed E-state index contributed by atoms with van der Waals surface area (Å²) in [4.78, 5) is 30.0. The SMILES string of the molecule is CCCCCCCCCCCC(=O)[O-].O=C(O)CC(C(=O)[O-])S(=O)(=O)O.[Na+].[Na+]. The number of unbranched alkanes of at least 4 members (excludes halogenated alkanes) is 8. The molecule has 0 aromatic carbocycles. The fourth-order valence-electron chi connectivity index (χ4n) is 2.05. The zero-order valence-electron chi connectivity index (χ0n) is 17.0. The van der Waals surface area contributed by atoms with Crippen LogP contribution in [0.4, 0.5) is 0 Å². The number of carboxylic acids is 3. The van der Waals surface area contributed by atoms with Crippen LogP contribution in [0.2, 0.25) is 0 Å². The quantitative estimate of drug-likeness (QED) is 0.151. The maximum Gasteiger partial charge on any atom is 1.00 e. The minimum absolute atomic E-state index is 0. The van der Waals surface area contributed by atoms with E-state index in [1.165, 1.54) is 44.9 Å². The number of carboxylic acid groups (broad SMARTS) is 3. The summed E-state index contributed by atoms with van der Waals surface area (Å²) in [5, 5.41) is 25.7. The molecule has 0 aliphatic carbocycles. The summed E-state index contributed by atoms with van der Waals surface area (Å²) in [6, 6.07) is 0. The van der Waals surface area contributed by atoms with Gasteiger partial charge in [-0.2, -0.15) is 8.42 Å². The van der Waals surface area contributed by atoms with Crippen molar-refractivity contribution in [1.29, 1.82) is 0 Å². The van der Waals surface area contributed by atoms with E-state index in [4.69, 9.17) is 9.66 Å². The third kappa shape index (κ3) is 26.3. The summed E-state index contributed by atoms with van der Waals surface area (Å²) >= 11 is 0. The number of hydrogen-bond acceptors (Lipinski definition) is 7. The average Bonchev–Trinajstić information content (AvgIpc) is 2.50. The molecule has 154 valence electrons. The van der Waals surface area contributed by atoms with Crippen LogP contribution in [-0.4, -0.2) is 41.2 Å². The van der Waals surface area contributed by atoms with Gasteiger partial charge in [-0.1, -0.05) is 58.3 Å². The predicted molar refractivity (Wildman–Crippen MR) is 89.4 cm³/mol. The van der Waals surface area contributed by atoms with E-state index < -0.39 is 39.7 Å². The van der Waals surface area contributed by atoms with E-state index in [1.54, 1.807) is 0 Å². The first-order chi connectivity index (χ1) is 12.0. The molecule has 0 saturated carbocycles. The summed E-state index contributed by atoms with van der Waals surface area (Å²) < 4.78 is 28.5. The summed E-state index contributed by atoms with van der Waals surface area (Å²) in [6.45, 7) is 2.22. The zero-order valence-corrected chi connectivity index (χ0v) is 21.8. The van der Waals surface area contributed by atoms with Crippen molar-refractivity contribution in [3.8, 4) is 0 Å². The third-order valence-corrected chi connectivity index (χ3v) is 4.55. The molecule has 0 aromatic rings. The summed E-state index contributed by atoms with van der Waals surface area (Å²) in [7, 11) is -4.90. The first-order valence-electron chi connectivity index (χ1n) is 8.61. The molecule has 12 heteroatoms. The van der Waals surface area contributed by atoms with Gasteiger partial charge in [0.1, 0.15) is 5.25 Å². The normalized spacial score (nSPS) is 11.1. The number of carbonyl (C=O) groups is 3. The van der Waals surface area contributed by atoms with Crippen molar-refractivity contribution in [2.75, 3.05) is 0 Å². The van der Waals surface area contributed by atoms with E-state index in [2.05, 4.69) is 6.92 Å². The Labute approximate surface area is 211 Å². The number of hydrogen-bond donors (Lipinski definition) is 2. The Morgan fingerprint density at radius 2 is 1.25 bits per heavy atom. The van der Waals surface area contributed by atoms with Gasteiger partial charge in [-0.15, -0.1) is 0 Å². The Bertz CT molecular complexity index is 524. The maximum atomic E-state index is 10.2. The smallest absolute Gasteiger partial charge is 0.550 e. The van der Waals surface area contributed by atoms with Gasteiger partial charge in [0.2, 0.25) is 0 Å². The van der Waals surface area contributed by atoms with Crippen molar-refractivity contribution in [1.82, 2.24) is 0 Å². The van der Waals surface area contributed by atoms with Gasteiger partial charge < -0.3 is 24.9 Å². The summed E-state index contributed by atoms with van der Waals surface area (Å²) in [5.74, 6) is -4.70. The molecule has 0 bridgehead atoms.